The van der Waals surface area contributed by atoms with Gasteiger partial charge in [0.2, 0.25) is 5.91 Å². The number of carbonyl (C=O) groups is 2. The lowest BCUT2D eigenvalue weighted by Gasteiger charge is -2.16. The monoisotopic (exact) mass is 257 g/mol. The van der Waals surface area contributed by atoms with E-state index in [0.717, 1.165) is 19.3 Å². The predicted molar refractivity (Wildman–Crippen MR) is 67.2 cm³/mol. The van der Waals surface area contributed by atoms with E-state index in [1.54, 1.807) is 0 Å². The normalized spacial score (nSPS) is 22.9. The number of ether oxygens (including phenoxy) is 1. The Hall–Kier alpha value is -1.10. The van der Waals surface area contributed by atoms with E-state index in [1.165, 1.54) is 0 Å². The number of nitrogens with one attached hydrogen (secondary N) is 1. The fourth-order valence-electron chi connectivity index (χ4n) is 2.42. The number of carboxylic acid groups (broad SMARTS) is 1. The number of hydrogen-bond acceptors (Lipinski definition) is 3. The van der Waals surface area contributed by atoms with Crippen LogP contribution >= 0.6 is 0 Å². The Morgan fingerprint density at radius 3 is 2.83 bits per heavy atom. The molecule has 0 aliphatic heterocycles. The molecule has 1 aliphatic rings. The highest BCUT2D eigenvalue weighted by Crippen LogP contribution is 2.31. The third kappa shape index (κ3) is 5.04. The number of carboxylic acids is 1. The molecule has 0 spiro atoms. The second-order valence-electron chi connectivity index (χ2n) is 4.74. The first-order valence-electron chi connectivity index (χ1n) is 6.72. The fourth-order valence-corrected chi connectivity index (χ4v) is 2.42. The largest absolute Gasteiger partial charge is 0.481 e. The van der Waals surface area contributed by atoms with E-state index in [-0.39, 0.29) is 17.7 Å². The summed E-state index contributed by atoms with van der Waals surface area (Å²) in [5.41, 5.74) is 0. The summed E-state index contributed by atoms with van der Waals surface area (Å²) in [5, 5.41) is 11.8. The van der Waals surface area contributed by atoms with Crippen LogP contribution < -0.4 is 5.32 Å². The molecule has 1 fully saturated rings. The summed E-state index contributed by atoms with van der Waals surface area (Å²) in [4.78, 5) is 22.5. The molecule has 18 heavy (non-hydrogen) atoms. The summed E-state index contributed by atoms with van der Waals surface area (Å²) < 4.78 is 5.15. The van der Waals surface area contributed by atoms with E-state index in [2.05, 4.69) is 5.32 Å². The van der Waals surface area contributed by atoms with Crippen molar-refractivity contribution in [2.24, 2.45) is 11.8 Å². The first kappa shape index (κ1) is 15.0. The van der Waals surface area contributed by atoms with Gasteiger partial charge in [-0.15, -0.1) is 0 Å². The Bertz CT molecular complexity index is 280. The molecule has 1 saturated carbocycles. The van der Waals surface area contributed by atoms with Crippen molar-refractivity contribution >= 4 is 11.9 Å². The molecule has 0 saturated heterocycles. The van der Waals surface area contributed by atoms with Crippen molar-refractivity contribution in [3.8, 4) is 0 Å². The van der Waals surface area contributed by atoms with E-state index in [1.807, 2.05) is 6.92 Å². The summed E-state index contributed by atoms with van der Waals surface area (Å²) in [6.45, 7) is 3.69. The molecule has 0 heterocycles. The zero-order valence-corrected chi connectivity index (χ0v) is 11.0. The lowest BCUT2D eigenvalue weighted by molar-refractivity contribution is -0.143. The molecule has 2 atom stereocenters. The predicted octanol–water partition coefficient (Wildman–Crippen LogP) is 1.42. The van der Waals surface area contributed by atoms with Crippen LogP contribution in [-0.4, -0.2) is 36.7 Å². The van der Waals surface area contributed by atoms with Crippen molar-refractivity contribution in [2.75, 3.05) is 19.8 Å². The van der Waals surface area contributed by atoms with Crippen molar-refractivity contribution in [3.05, 3.63) is 0 Å². The minimum absolute atomic E-state index is 0.00857. The number of hydrogen-bond donors (Lipinski definition) is 2. The molecule has 0 aromatic rings. The van der Waals surface area contributed by atoms with E-state index < -0.39 is 5.97 Å². The molecule has 1 rings (SSSR count). The Kier molecular flexibility index (Phi) is 6.72. The Morgan fingerprint density at radius 1 is 1.39 bits per heavy atom. The van der Waals surface area contributed by atoms with Crippen LogP contribution in [0.2, 0.25) is 0 Å². The van der Waals surface area contributed by atoms with Crippen LogP contribution in [-0.2, 0) is 14.3 Å². The summed E-state index contributed by atoms with van der Waals surface area (Å²) >= 11 is 0. The smallest absolute Gasteiger partial charge is 0.306 e. The van der Waals surface area contributed by atoms with Gasteiger partial charge in [0.1, 0.15) is 0 Å². The molecule has 1 aliphatic carbocycles. The minimum atomic E-state index is -0.733. The second kappa shape index (κ2) is 8.08. The van der Waals surface area contributed by atoms with Gasteiger partial charge in [-0.2, -0.15) is 0 Å². The lowest BCUT2D eigenvalue weighted by atomic mass is 9.96. The standard InChI is InChI=1S/C13H23NO4/c1-2-18-8-4-7-12(15)14-9-10-5-3-6-11(10)13(16)17/h10-11H,2-9H2,1H3,(H,14,15)(H,16,17). The molecule has 0 radical (unpaired) electrons. The first-order valence-corrected chi connectivity index (χ1v) is 6.72. The Balaban J connectivity index is 2.15. The second-order valence-corrected chi connectivity index (χ2v) is 4.74. The summed E-state index contributed by atoms with van der Waals surface area (Å²) in [7, 11) is 0. The van der Waals surface area contributed by atoms with Crippen molar-refractivity contribution < 1.29 is 19.4 Å². The zero-order chi connectivity index (χ0) is 13.4. The van der Waals surface area contributed by atoms with Gasteiger partial charge in [-0.05, 0) is 32.1 Å². The Morgan fingerprint density at radius 2 is 2.17 bits per heavy atom. The van der Waals surface area contributed by atoms with Gasteiger partial charge in [0, 0.05) is 26.2 Å². The maximum atomic E-state index is 11.5. The molecule has 0 aromatic carbocycles. The highest BCUT2D eigenvalue weighted by molar-refractivity contribution is 5.76. The molecule has 0 bridgehead atoms. The number of amides is 1. The molecule has 1 amide bonds. The highest BCUT2D eigenvalue weighted by atomic mass is 16.5. The number of aliphatic carboxylic acids is 1. The van der Waals surface area contributed by atoms with Crippen LogP contribution in [0, 0.1) is 11.8 Å². The molecule has 5 heteroatoms. The van der Waals surface area contributed by atoms with Crippen LogP contribution in [0.15, 0.2) is 0 Å². The lowest BCUT2D eigenvalue weighted by Crippen LogP contribution is -2.33. The van der Waals surface area contributed by atoms with E-state index in [9.17, 15) is 9.59 Å². The van der Waals surface area contributed by atoms with Crippen LogP contribution in [0.5, 0.6) is 0 Å². The molecule has 0 aromatic heterocycles. The number of carbonyl (C=O) groups excluding carboxylic acids is 1. The van der Waals surface area contributed by atoms with Crippen LogP contribution in [0.3, 0.4) is 0 Å². The van der Waals surface area contributed by atoms with E-state index in [4.69, 9.17) is 9.84 Å². The van der Waals surface area contributed by atoms with E-state index in [0.29, 0.717) is 32.6 Å². The van der Waals surface area contributed by atoms with Gasteiger partial charge in [-0.25, -0.2) is 0 Å². The molecule has 104 valence electrons. The molecule has 2 unspecified atom stereocenters. The van der Waals surface area contributed by atoms with Gasteiger partial charge in [0.05, 0.1) is 5.92 Å². The molecule has 2 N–H and O–H groups in total. The summed E-state index contributed by atoms with van der Waals surface area (Å²) in [5.74, 6) is -0.930. The first-order chi connectivity index (χ1) is 8.65. The summed E-state index contributed by atoms with van der Waals surface area (Å²) in [6, 6.07) is 0. The Labute approximate surface area is 108 Å². The topological polar surface area (TPSA) is 75.6 Å². The van der Waals surface area contributed by atoms with Crippen molar-refractivity contribution in [1.82, 2.24) is 5.32 Å². The van der Waals surface area contributed by atoms with Gasteiger partial charge >= 0.3 is 5.97 Å². The average molecular weight is 257 g/mol. The van der Waals surface area contributed by atoms with Gasteiger partial charge in [-0.1, -0.05) is 6.42 Å². The number of rotatable bonds is 8. The molecular weight excluding hydrogens is 234 g/mol. The molecule has 5 nitrogen and oxygen atoms in total. The molecular formula is C13H23NO4. The quantitative estimate of drug-likeness (QED) is 0.645. The maximum absolute atomic E-state index is 11.5. The highest BCUT2D eigenvalue weighted by Gasteiger charge is 2.32. The maximum Gasteiger partial charge on any atom is 0.306 e. The van der Waals surface area contributed by atoms with Gasteiger partial charge in [0.15, 0.2) is 0 Å². The minimum Gasteiger partial charge on any atom is -0.481 e. The van der Waals surface area contributed by atoms with Crippen LogP contribution in [0.4, 0.5) is 0 Å². The third-order valence-corrected chi connectivity index (χ3v) is 3.43. The van der Waals surface area contributed by atoms with Crippen molar-refractivity contribution in [1.29, 1.82) is 0 Å². The SMILES string of the molecule is CCOCCCC(=O)NCC1CCCC1C(=O)O. The van der Waals surface area contributed by atoms with Crippen molar-refractivity contribution in [3.63, 3.8) is 0 Å². The van der Waals surface area contributed by atoms with Crippen LogP contribution in [0.1, 0.15) is 39.0 Å². The summed E-state index contributed by atoms with van der Waals surface area (Å²) in [6.07, 6.45) is 3.75. The van der Waals surface area contributed by atoms with Gasteiger partial charge in [-0.3, -0.25) is 9.59 Å². The van der Waals surface area contributed by atoms with Gasteiger partial charge in [0.25, 0.3) is 0 Å². The van der Waals surface area contributed by atoms with Crippen LogP contribution in [0.25, 0.3) is 0 Å². The van der Waals surface area contributed by atoms with E-state index >= 15 is 0 Å². The van der Waals surface area contributed by atoms with Crippen molar-refractivity contribution in [2.45, 2.75) is 39.0 Å². The fraction of sp³-hybridized carbons (Fsp3) is 0.846. The zero-order valence-electron chi connectivity index (χ0n) is 11.0. The average Bonchev–Trinajstić information content (AvgIpc) is 2.80. The van der Waals surface area contributed by atoms with Gasteiger partial charge < -0.3 is 15.2 Å². The third-order valence-electron chi connectivity index (χ3n) is 3.43.